The van der Waals surface area contributed by atoms with Crippen LogP contribution in [0.2, 0.25) is 5.02 Å². The summed E-state index contributed by atoms with van der Waals surface area (Å²) in [6, 6.07) is 8.92. The van der Waals surface area contributed by atoms with E-state index in [1.165, 1.54) is 18.0 Å². The van der Waals surface area contributed by atoms with Crippen LogP contribution < -0.4 is 10.2 Å². The Morgan fingerprint density at radius 1 is 1.25 bits per heavy atom. The lowest BCUT2D eigenvalue weighted by Gasteiger charge is -2.32. The molecule has 1 aliphatic heterocycles. The highest BCUT2D eigenvalue weighted by Gasteiger charge is 2.25. The van der Waals surface area contributed by atoms with Crippen LogP contribution in [0.1, 0.15) is 12.0 Å². The largest absolute Gasteiger partial charge is 0.360 e. The molecule has 2 amide bonds. The molecule has 8 heteroatoms. The maximum absolute atomic E-state index is 14.2. The molecule has 5 nitrogen and oxygen atoms in total. The van der Waals surface area contributed by atoms with Crippen molar-refractivity contribution in [2.24, 2.45) is 0 Å². The predicted molar refractivity (Wildman–Crippen MR) is 105 cm³/mol. The third kappa shape index (κ3) is 4.59. The van der Waals surface area contributed by atoms with Gasteiger partial charge in [-0.3, -0.25) is 9.59 Å². The summed E-state index contributed by atoms with van der Waals surface area (Å²) in [4.78, 5) is 27.6. The zero-order valence-corrected chi connectivity index (χ0v) is 16.1. The van der Waals surface area contributed by atoms with Gasteiger partial charge in [0.05, 0.1) is 29.5 Å². The summed E-state index contributed by atoms with van der Waals surface area (Å²) in [5.74, 6) is -2.04. The lowest BCUT2D eigenvalue weighted by molar-refractivity contribution is -0.132. The lowest BCUT2D eigenvalue weighted by Crippen LogP contribution is -2.43. The molecular weight excluding hydrogens is 388 g/mol. The summed E-state index contributed by atoms with van der Waals surface area (Å²) in [6.45, 7) is 0.225. The van der Waals surface area contributed by atoms with Crippen molar-refractivity contribution in [3.8, 4) is 0 Å². The van der Waals surface area contributed by atoms with Crippen molar-refractivity contribution in [2.45, 2.75) is 12.8 Å². The zero-order valence-electron chi connectivity index (χ0n) is 15.3. The van der Waals surface area contributed by atoms with Gasteiger partial charge in [-0.05, 0) is 36.6 Å². The van der Waals surface area contributed by atoms with E-state index in [2.05, 4.69) is 5.32 Å². The van der Waals surface area contributed by atoms with Crippen LogP contribution in [0, 0.1) is 11.6 Å². The lowest BCUT2D eigenvalue weighted by atomic mass is 10.0. The highest BCUT2D eigenvalue weighted by atomic mass is 35.5. The smallest absolute Gasteiger partial charge is 0.244 e. The van der Waals surface area contributed by atoms with E-state index in [4.69, 9.17) is 11.6 Å². The Hall–Kier alpha value is -2.67. The number of carbonyl (C=O) groups excluding carboxylic acids is 2. The maximum Gasteiger partial charge on any atom is 0.244 e. The first-order valence-electron chi connectivity index (χ1n) is 8.86. The van der Waals surface area contributed by atoms with Gasteiger partial charge in [0.2, 0.25) is 11.8 Å². The van der Waals surface area contributed by atoms with E-state index in [0.29, 0.717) is 35.7 Å². The average molecular weight is 408 g/mol. The molecule has 0 aliphatic carbocycles. The molecule has 0 radical (unpaired) electrons. The Bertz CT molecular complexity index is 907. The number of aryl methyl sites for hydroxylation is 1. The number of nitrogens with one attached hydrogen (secondary N) is 1. The van der Waals surface area contributed by atoms with Gasteiger partial charge in [0.1, 0.15) is 11.6 Å². The molecule has 1 N–H and O–H groups in total. The molecule has 0 bridgehead atoms. The zero-order chi connectivity index (χ0) is 20.3. The highest BCUT2D eigenvalue weighted by Crippen LogP contribution is 2.30. The van der Waals surface area contributed by atoms with Gasteiger partial charge in [-0.25, -0.2) is 8.78 Å². The summed E-state index contributed by atoms with van der Waals surface area (Å²) in [6.07, 6.45) is 1.25. The van der Waals surface area contributed by atoms with Crippen LogP contribution >= 0.6 is 11.6 Å². The van der Waals surface area contributed by atoms with Crippen molar-refractivity contribution in [3.05, 3.63) is 58.6 Å². The van der Waals surface area contributed by atoms with Crippen molar-refractivity contribution in [2.75, 3.05) is 36.9 Å². The molecule has 2 aromatic carbocycles. The summed E-state index contributed by atoms with van der Waals surface area (Å²) in [5.41, 5.74) is 1.27. The van der Waals surface area contributed by atoms with E-state index < -0.39 is 17.5 Å². The van der Waals surface area contributed by atoms with Crippen LogP contribution in [0.4, 0.5) is 20.2 Å². The fraction of sp³-hybridized carbons (Fsp3) is 0.300. The Morgan fingerprint density at radius 2 is 2.00 bits per heavy atom. The van der Waals surface area contributed by atoms with Gasteiger partial charge < -0.3 is 15.1 Å². The molecular formula is C20H20ClF2N3O2. The number of para-hydroxylation sites is 1. The number of hydrogen-bond acceptors (Lipinski definition) is 3. The van der Waals surface area contributed by atoms with Crippen LogP contribution in [0.25, 0.3) is 0 Å². The molecule has 0 atom stereocenters. The van der Waals surface area contributed by atoms with Crippen molar-refractivity contribution in [3.63, 3.8) is 0 Å². The van der Waals surface area contributed by atoms with Gasteiger partial charge in [-0.15, -0.1) is 0 Å². The third-order valence-electron chi connectivity index (χ3n) is 4.58. The second-order valence-corrected chi connectivity index (χ2v) is 7.11. The van der Waals surface area contributed by atoms with Crippen molar-refractivity contribution in [1.82, 2.24) is 4.90 Å². The highest BCUT2D eigenvalue weighted by molar-refractivity contribution is 6.33. The molecule has 1 aliphatic rings. The summed E-state index contributed by atoms with van der Waals surface area (Å²) >= 11 is 6.01. The second kappa shape index (κ2) is 8.56. The monoisotopic (exact) mass is 407 g/mol. The van der Waals surface area contributed by atoms with E-state index in [0.717, 1.165) is 6.07 Å². The molecule has 3 rings (SSSR count). The number of halogens is 3. The summed E-state index contributed by atoms with van der Waals surface area (Å²) in [5, 5.41) is 3.05. The Morgan fingerprint density at radius 3 is 2.75 bits per heavy atom. The van der Waals surface area contributed by atoms with Crippen molar-refractivity contribution < 1.29 is 18.4 Å². The number of nitrogens with zero attached hydrogens (tertiary/aromatic N) is 2. The number of carbonyl (C=O) groups is 2. The molecule has 0 spiro atoms. The van der Waals surface area contributed by atoms with Gasteiger partial charge in [0.15, 0.2) is 0 Å². The number of likely N-dealkylation sites (N-methyl/N-ethyl adjacent to an activating group) is 1. The minimum absolute atomic E-state index is 0.0918. The van der Waals surface area contributed by atoms with Crippen LogP contribution in [-0.2, 0) is 16.0 Å². The Kier molecular flexibility index (Phi) is 6.14. The van der Waals surface area contributed by atoms with Crippen LogP contribution in [0.15, 0.2) is 36.4 Å². The van der Waals surface area contributed by atoms with E-state index in [-0.39, 0.29) is 24.7 Å². The molecule has 0 unspecified atom stereocenters. The van der Waals surface area contributed by atoms with Crippen LogP contribution in [0.5, 0.6) is 0 Å². The summed E-state index contributed by atoms with van der Waals surface area (Å²) < 4.78 is 27.7. The molecule has 28 heavy (non-hydrogen) atoms. The first-order valence-corrected chi connectivity index (χ1v) is 9.24. The molecule has 148 valence electrons. The molecule has 0 fully saturated rings. The van der Waals surface area contributed by atoms with Gasteiger partial charge in [-0.1, -0.05) is 23.7 Å². The number of benzene rings is 2. The SMILES string of the molecule is CN(CC(=O)Nc1ccccc1Cl)C(=O)CN1CCCc2cc(F)cc(F)c21. The molecule has 0 saturated heterocycles. The fourth-order valence-electron chi connectivity index (χ4n) is 3.23. The average Bonchev–Trinajstić information content (AvgIpc) is 2.63. The van der Waals surface area contributed by atoms with Gasteiger partial charge >= 0.3 is 0 Å². The minimum Gasteiger partial charge on any atom is -0.360 e. The first-order chi connectivity index (χ1) is 13.3. The predicted octanol–water partition coefficient (Wildman–Crippen LogP) is 3.47. The summed E-state index contributed by atoms with van der Waals surface area (Å²) in [7, 11) is 1.50. The fourth-order valence-corrected chi connectivity index (χ4v) is 3.42. The normalized spacial score (nSPS) is 13.1. The molecule has 0 saturated carbocycles. The maximum atomic E-state index is 14.2. The van der Waals surface area contributed by atoms with Gasteiger partial charge in [0, 0.05) is 19.7 Å². The Labute approximate surface area is 166 Å². The van der Waals surface area contributed by atoms with Crippen molar-refractivity contribution >= 4 is 34.8 Å². The van der Waals surface area contributed by atoms with Crippen LogP contribution in [0.3, 0.4) is 0 Å². The van der Waals surface area contributed by atoms with E-state index >= 15 is 0 Å². The molecule has 1 heterocycles. The second-order valence-electron chi connectivity index (χ2n) is 6.70. The van der Waals surface area contributed by atoms with Crippen LogP contribution in [-0.4, -0.2) is 43.4 Å². The van der Waals surface area contributed by atoms with Gasteiger partial charge in [-0.2, -0.15) is 0 Å². The standard InChI is InChI=1S/C20H20ClF2N3O2/c1-25(11-18(27)24-17-7-3-2-6-15(17)21)19(28)12-26-8-4-5-13-9-14(22)10-16(23)20(13)26/h2-3,6-7,9-10H,4-5,8,11-12H2,1H3,(H,24,27). The number of rotatable bonds is 5. The van der Waals surface area contributed by atoms with E-state index in [1.807, 2.05) is 0 Å². The number of hydrogen-bond donors (Lipinski definition) is 1. The van der Waals surface area contributed by atoms with Gasteiger partial charge in [0.25, 0.3) is 0 Å². The molecule has 0 aromatic heterocycles. The first kappa shape index (κ1) is 20.1. The number of anilines is 2. The number of amides is 2. The quantitative estimate of drug-likeness (QED) is 0.825. The third-order valence-corrected chi connectivity index (χ3v) is 4.91. The minimum atomic E-state index is -0.679. The van der Waals surface area contributed by atoms with Crippen molar-refractivity contribution in [1.29, 1.82) is 0 Å². The van der Waals surface area contributed by atoms with E-state index in [9.17, 15) is 18.4 Å². The molecule has 2 aromatic rings. The Balaban J connectivity index is 1.62. The topological polar surface area (TPSA) is 52.7 Å². The van der Waals surface area contributed by atoms with E-state index in [1.54, 1.807) is 29.2 Å². The number of fused-ring (bicyclic) bond motifs is 1.